The molecule has 6 heteroatoms. The summed E-state index contributed by atoms with van der Waals surface area (Å²) in [6.07, 6.45) is -0.00104. The molecule has 0 unspecified atom stereocenters. The number of hydrogen-bond donors (Lipinski definition) is 0. The molecule has 0 bridgehead atoms. The lowest BCUT2D eigenvalue weighted by Gasteiger charge is -2.19. The van der Waals surface area contributed by atoms with Gasteiger partial charge in [0, 0.05) is 5.56 Å². The van der Waals surface area contributed by atoms with E-state index < -0.39 is 11.8 Å². The van der Waals surface area contributed by atoms with Crippen LogP contribution in [0.1, 0.15) is 31.1 Å². The first kappa shape index (κ1) is 15.7. The molecule has 4 nitrogen and oxygen atoms in total. The van der Waals surface area contributed by atoms with Gasteiger partial charge in [-0.05, 0) is 78.1 Å². The molecule has 0 radical (unpaired) electrons. The van der Waals surface area contributed by atoms with Crippen molar-refractivity contribution in [3.05, 3.63) is 24.8 Å². The maximum atomic E-state index is 11.6. The van der Waals surface area contributed by atoms with Gasteiger partial charge in [0.1, 0.15) is 11.9 Å². The van der Waals surface area contributed by atoms with Crippen LogP contribution in [0.25, 0.3) is 0 Å². The summed E-state index contributed by atoms with van der Waals surface area (Å²) in [5.74, 6) is 0.413. The van der Waals surface area contributed by atoms with Crippen molar-refractivity contribution in [1.82, 2.24) is 0 Å². The predicted molar refractivity (Wildman–Crippen MR) is 84.1 cm³/mol. The molecule has 0 spiro atoms. The minimum absolute atomic E-state index is 0.413. The van der Waals surface area contributed by atoms with Gasteiger partial charge in [-0.25, -0.2) is 4.79 Å². The van der Waals surface area contributed by atoms with E-state index in [1.807, 2.05) is 45.2 Å². The third kappa shape index (κ3) is 4.71. The highest BCUT2D eigenvalue weighted by molar-refractivity contribution is 14.1. The second-order valence-corrected chi connectivity index (χ2v) is 6.82. The van der Waals surface area contributed by atoms with Gasteiger partial charge in [0.15, 0.2) is 5.75 Å². The van der Waals surface area contributed by atoms with Gasteiger partial charge < -0.3 is 9.47 Å². The molecule has 0 aliphatic heterocycles. The van der Waals surface area contributed by atoms with Crippen LogP contribution in [0.3, 0.4) is 0 Å². The molecule has 0 saturated carbocycles. The molecule has 0 saturated heterocycles. The Morgan fingerprint density at radius 1 is 1.22 bits per heavy atom. The molecule has 1 aromatic rings. The molecule has 1 aromatic carbocycles. The highest BCUT2D eigenvalue weighted by atomic mass is 127. The maximum absolute atomic E-state index is 11.6. The van der Waals surface area contributed by atoms with E-state index in [2.05, 4.69) is 0 Å². The van der Waals surface area contributed by atoms with E-state index in [0.717, 1.165) is 6.29 Å². The smallest absolute Gasteiger partial charge is 0.428 e. The van der Waals surface area contributed by atoms with Gasteiger partial charge in [0.2, 0.25) is 0 Å². The Labute approximate surface area is 133 Å². The molecule has 0 aromatic heterocycles. The molecule has 0 fully saturated rings. The molecule has 0 aliphatic carbocycles. The number of ether oxygens (including phenoxy) is 2. The normalized spacial score (nSPS) is 10.9. The van der Waals surface area contributed by atoms with Crippen molar-refractivity contribution in [3.8, 4) is 5.75 Å². The largest absolute Gasteiger partial charge is 0.514 e. The second kappa shape index (κ2) is 6.18. The van der Waals surface area contributed by atoms with Crippen LogP contribution in [-0.4, -0.2) is 18.0 Å². The van der Waals surface area contributed by atoms with E-state index in [1.54, 1.807) is 32.9 Å². The summed E-state index contributed by atoms with van der Waals surface area (Å²) in [6, 6.07) is 3.30. The van der Waals surface area contributed by atoms with Gasteiger partial charge in [-0.15, -0.1) is 0 Å². The first-order valence-corrected chi connectivity index (χ1v) is 7.24. The molecule has 0 amide bonds. The Hall–Kier alpha value is -0.380. The van der Waals surface area contributed by atoms with Crippen LogP contribution in [0.4, 0.5) is 4.79 Å². The van der Waals surface area contributed by atoms with Crippen molar-refractivity contribution >= 4 is 57.6 Å². The fourth-order valence-corrected chi connectivity index (χ4v) is 3.14. The molecule has 18 heavy (non-hydrogen) atoms. The molecule has 1 rings (SSSR count). The molecular formula is C12H12I2O4. The average molecular weight is 474 g/mol. The van der Waals surface area contributed by atoms with Gasteiger partial charge in [0.25, 0.3) is 0 Å². The van der Waals surface area contributed by atoms with Crippen LogP contribution < -0.4 is 4.74 Å². The Morgan fingerprint density at radius 3 is 2.11 bits per heavy atom. The topological polar surface area (TPSA) is 52.6 Å². The van der Waals surface area contributed by atoms with Crippen LogP contribution in [0, 0.1) is 7.14 Å². The van der Waals surface area contributed by atoms with Crippen molar-refractivity contribution in [2.24, 2.45) is 0 Å². The number of hydrogen-bond acceptors (Lipinski definition) is 4. The Kier molecular flexibility index (Phi) is 5.38. The van der Waals surface area contributed by atoms with Crippen LogP contribution in [0.15, 0.2) is 12.1 Å². The van der Waals surface area contributed by atoms with Crippen molar-refractivity contribution in [2.45, 2.75) is 26.4 Å². The summed E-state index contributed by atoms with van der Waals surface area (Å²) in [7, 11) is 0. The van der Waals surface area contributed by atoms with Crippen molar-refractivity contribution in [3.63, 3.8) is 0 Å². The average Bonchev–Trinajstić information content (AvgIpc) is 2.20. The minimum Gasteiger partial charge on any atom is -0.428 e. The zero-order valence-electron chi connectivity index (χ0n) is 10.1. The first-order valence-electron chi connectivity index (χ1n) is 5.08. The minimum atomic E-state index is -0.753. The number of carbonyl (C=O) groups excluding carboxylic acids is 2. The molecule has 0 aliphatic rings. The molecule has 0 N–H and O–H groups in total. The number of halogens is 2. The van der Waals surface area contributed by atoms with Gasteiger partial charge in [-0.1, -0.05) is 0 Å². The number of carbonyl (C=O) groups is 2. The van der Waals surface area contributed by atoms with E-state index in [0.29, 0.717) is 18.5 Å². The van der Waals surface area contributed by atoms with Gasteiger partial charge in [0.05, 0.1) is 7.14 Å². The van der Waals surface area contributed by atoms with Crippen molar-refractivity contribution in [1.29, 1.82) is 0 Å². The lowest BCUT2D eigenvalue weighted by atomic mass is 10.2. The Morgan fingerprint density at radius 2 is 1.72 bits per heavy atom. The second-order valence-electron chi connectivity index (χ2n) is 4.50. The highest BCUT2D eigenvalue weighted by Gasteiger charge is 2.20. The fourth-order valence-electron chi connectivity index (χ4n) is 1.10. The monoisotopic (exact) mass is 474 g/mol. The van der Waals surface area contributed by atoms with Gasteiger partial charge in [-0.2, -0.15) is 0 Å². The van der Waals surface area contributed by atoms with E-state index in [1.165, 1.54) is 0 Å². The standard InChI is InChI=1S/C12H12I2O4/c1-12(2,3)18-11(16)17-10-8(13)4-7(6-15)5-9(10)14/h4-6H,1-3H3. The summed E-state index contributed by atoms with van der Waals surface area (Å²) < 4.78 is 11.6. The number of aldehydes is 1. The summed E-state index contributed by atoms with van der Waals surface area (Å²) >= 11 is 4.02. The summed E-state index contributed by atoms with van der Waals surface area (Å²) in [6.45, 7) is 5.29. The van der Waals surface area contributed by atoms with E-state index in [9.17, 15) is 9.59 Å². The lowest BCUT2D eigenvalue weighted by Crippen LogP contribution is -2.26. The van der Waals surface area contributed by atoms with Crippen LogP contribution >= 0.6 is 45.2 Å². The maximum Gasteiger partial charge on any atom is 0.514 e. The first-order chi connectivity index (χ1) is 8.23. The number of benzene rings is 1. The van der Waals surface area contributed by atoms with Crippen LogP contribution in [0.2, 0.25) is 0 Å². The van der Waals surface area contributed by atoms with E-state index in [-0.39, 0.29) is 0 Å². The number of rotatable bonds is 2. The van der Waals surface area contributed by atoms with Gasteiger partial charge >= 0.3 is 6.16 Å². The van der Waals surface area contributed by atoms with Crippen LogP contribution in [0.5, 0.6) is 5.75 Å². The molecule has 98 valence electrons. The molecule has 0 heterocycles. The lowest BCUT2D eigenvalue weighted by molar-refractivity contribution is 0.0203. The van der Waals surface area contributed by atoms with Gasteiger partial charge in [-0.3, -0.25) is 4.79 Å². The van der Waals surface area contributed by atoms with Crippen molar-refractivity contribution in [2.75, 3.05) is 0 Å². The van der Waals surface area contributed by atoms with Crippen molar-refractivity contribution < 1.29 is 19.1 Å². The predicted octanol–water partition coefficient (Wildman–Crippen LogP) is 4.02. The summed E-state index contributed by atoms with van der Waals surface area (Å²) in [5, 5.41) is 0. The third-order valence-corrected chi connectivity index (χ3v) is 3.33. The molecule has 0 atom stereocenters. The fraction of sp³-hybridized carbons (Fsp3) is 0.333. The zero-order valence-corrected chi connectivity index (χ0v) is 14.4. The summed E-state index contributed by atoms with van der Waals surface area (Å²) in [4.78, 5) is 22.3. The Bertz CT molecular complexity index is 454. The third-order valence-electron chi connectivity index (χ3n) is 1.73. The van der Waals surface area contributed by atoms with Crippen LogP contribution in [-0.2, 0) is 4.74 Å². The SMILES string of the molecule is CC(C)(C)OC(=O)Oc1c(I)cc(C=O)cc1I. The summed E-state index contributed by atoms with van der Waals surface area (Å²) in [5.41, 5.74) is -0.0585. The quantitative estimate of drug-likeness (QED) is 0.282. The van der Waals surface area contributed by atoms with E-state index >= 15 is 0 Å². The zero-order chi connectivity index (χ0) is 13.9. The molecular weight excluding hydrogens is 462 g/mol. The van der Waals surface area contributed by atoms with E-state index in [4.69, 9.17) is 9.47 Å². The highest BCUT2D eigenvalue weighted by Crippen LogP contribution is 2.29. The Balaban J connectivity index is 2.92.